The SMILES string of the molecule is CCCCC(C)CC(C)C(=O)N(C)C(Cc1ccc(OC)cc1)C(=O)NC(=O)C(C(C)OC(C)=O)N(C)C(C(=O)N1CC(O)CC1C(=O)N1C(=O)C=CC1C)C(C)C. The van der Waals surface area contributed by atoms with Gasteiger partial charge in [-0.2, -0.15) is 0 Å². The topological polar surface area (TPSA) is 183 Å². The zero-order valence-electron chi connectivity index (χ0n) is 36.1. The first-order chi connectivity index (χ1) is 27.2. The minimum Gasteiger partial charge on any atom is -0.497 e. The van der Waals surface area contributed by atoms with Crippen LogP contribution in [0.2, 0.25) is 0 Å². The predicted molar refractivity (Wildman–Crippen MR) is 217 cm³/mol. The van der Waals surface area contributed by atoms with E-state index in [-0.39, 0.29) is 25.3 Å². The molecule has 3 rings (SSSR count). The van der Waals surface area contributed by atoms with Crippen LogP contribution in [-0.2, 0) is 44.7 Å². The largest absolute Gasteiger partial charge is 0.497 e. The molecule has 0 aliphatic carbocycles. The molecule has 0 aromatic heterocycles. The lowest BCUT2D eigenvalue weighted by atomic mass is 9.91. The van der Waals surface area contributed by atoms with E-state index in [0.717, 1.165) is 24.2 Å². The maximum atomic E-state index is 14.5. The predicted octanol–water partition coefficient (Wildman–Crippen LogP) is 3.11. The van der Waals surface area contributed by atoms with E-state index in [9.17, 15) is 38.7 Å². The number of likely N-dealkylation sites (N-methyl/N-ethyl adjacent to an activating group) is 2. The molecule has 0 radical (unpaired) electrons. The maximum Gasteiger partial charge on any atom is 0.302 e. The number of likely N-dealkylation sites (tertiary alicyclic amines) is 1. The van der Waals surface area contributed by atoms with Gasteiger partial charge in [-0.15, -0.1) is 0 Å². The number of imide groups is 2. The Labute approximate surface area is 343 Å². The summed E-state index contributed by atoms with van der Waals surface area (Å²) >= 11 is 0. The zero-order valence-corrected chi connectivity index (χ0v) is 36.1. The average Bonchev–Trinajstić information content (AvgIpc) is 3.72. The molecule has 2 aliphatic rings. The second kappa shape index (κ2) is 21.4. The van der Waals surface area contributed by atoms with Gasteiger partial charge in [0.25, 0.3) is 11.8 Å². The van der Waals surface area contributed by atoms with Crippen molar-refractivity contribution in [3.8, 4) is 5.75 Å². The van der Waals surface area contributed by atoms with Gasteiger partial charge in [0.2, 0.25) is 23.6 Å². The van der Waals surface area contributed by atoms with Crippen LogP contribution in [-0.4, -0.2) is 136 Å². The number of ether oxygens (including phenoxy) is 2. The molecule has 2 aliphatic heterocycles. The van der Waals surface area contributed by atoms with Crippen molar-refractivity contribution in [3.63, 3.8) is 0 Å². The molecule has 9 unspecified atom stereocenters. The number of nitrogens with one attached hydrogen (secondary N) is 1. The van der Waals surface area contributed by atoms with Gasteiger partial charge in [-0.3, -0.25) is 48.7 Å². The average molecular weight is 812 g/mol. The number of hydrogen-bond acceptors (Lipinski definition) is 11. The van der Waals surface area contributed by atoms with E-state index in [1.165, 1.54) is 48.8 Å². The lowest BCUT2D eigenvalue weighted by Crippen LogP contribution is -2.63. The van der Waals surface area contributed by atoms with Gasteiger partial charge in [0.1, 0.15) is 30.0 Å². The highest BCUT2D eigenvalue weighted by atomic mass is 16.5. The molecule has 1 saturated heterocycles. The van der Waals surface area contributed by atoms with E-state index in [1.807, 2.05) is 6.92 Å². The summed E-state index contributed by atoms with van der Waals surface area (Å²) in [5, 5.41) is 13.2. The molecule has 0 spiro atoms. The molecule has 15 nitrogen and oxygen atoms in total. The minimum absolute atomic E-state index is 0.0664. The van der Waals surface area contributed by atoms with Crippen molar-refractivity contribution in [1.82, 2.24) is 24.9 Å². The fraction of sp³-hybridized carbons (Fsp3) is 0.651. The first kappa shape index (κ1) is 47.7. The molecule has 1 fully saturated rings. The number of amides is 6. The lowest BCUT2D eigenvalue weighted by molar-refractivity contribution is -0.158. The highest BCUT2D eigenvalue weighted by Gasteiger charge is 2.48. The molecule has 15 heteroatoms. The number of rotatable bonds is 19. The summed E-state index contributed by atoms with van der Waals surface area (Å²) in [4.78, 5) is 101. The quantitative estimate of drug-likeness (QED) is 0.155. The van der Waals surface area contributed by atoms with E-state index in [2.05, 4.69) is 19.2 Å². The molecule has 0 bridgehead atoms. The van der Waals surface area contributed by atoms with Gasteiger partial charge >= 0.3 is 5.97 Å². The number of esters is 1. The van der Waals surface area contributed by atoms with Crippen LogP contribution in [0.4, 0.5) is 0 Å². The van der Waals surface area contributed by atoms with Crippen LogP contribution >= 0.6 is 0 Å². The molecule has 2 N–H and O–H groups in total. The van der Waals surface area contributed by atoms with Gasteiger partial charge in [0.15, 0.2) is 0 Å². The summed E-state index contributed by atoms with van der Waals surface area (Å²) in [5.41, 5.74) is 0.710. The number of methoxy groups -OCH3 is 1. The molecule has 9 atom stereocenters. The normalized spacial score (nSPS) is 21.0. The van der Waals surface area contributed by atoms with Crippen LogP contribution in [0.3, 0.4) is 0 Å². The van der Waals surface area contributed by atoms with Gasteiger partial charge in [-0.25, -0.2) is 0 Å². The van der Waals surface area contributed by atoms with Crippen LogP contribution in [0.5, 0.6) is 5.75 Å². The number of β-amino-alcohol motifs (C(OH)–C–C–N with tert-alkyl or cyclic N) is 1. The fourth-order valence-corrected chi connectivity index (χ4v) is 8.22. The molecular formula is C43H65N5O10. The third-order valence-electron chi connectivity index (χ3n) is 11.3. The van der Waals surface area contributed by atoms with E-state index < -0.39 is 89.8 Å². The summed E-state index contributed by atoms with van der Waals surface area (Å²) in [6.45, 7) is 13.7. The number of nitrogens with zero attached hydrogens (tertiary/aromatic N) is 4. The van der Waals surface area contributed by atoms with Crippen molar-refractivity contribution in [1.29, 1.82) is 0 Å². The van der Waals surface area contributed by atoms with Crippen molar-refractivity contribution >= 4 is 41.4 Å². The number of benzene rings is 1. The zero-order chi connectivity index (χ0) is 43.6. The molecule has 6 amide bonds. The second-order valence-corrected chi connectivity index (χ2v) is 16.4. The van der Waals surface area contributed by atoms with Crippen molar-refractivity contribution < 1.29 is 48.1 Å². The van der Waals surface area contributed by atoms with Gasteiger partial charge in [0, 0.05) is 45.4 Å². The summed E-state index contributed by atoms with van der Waals surface area (Å²) in [6, 6.07) is 1.69. The van der Waals surface area contributed by atoms with Gasteiger partial charge < -0.3 is 24.4 Å². The van der Waals surface area contributed by atoms with E-state index in [0.29, 0.717) is 23.7 Å². The highest BCUT2D eigenvalue weighted by Crippen LogP contribution is 2.28. The maximum absolute atomic E-state index is 14.5. The number of unbranched alkanes of at least 4 members (excludes halogenated alkanes) is 1. The van der Waals surface area contributed by atoms with E-state index >= 15 is 0 Å². The van der Waals surface area contributed by atoms with Crippen molar-refractivity contribution in [2.75, 3.05) is 27.7 Å². The number of carbonyl (C=O) groups is 7. The van der Waals surface area contributed by atoms with Crippen LogP contribution < -0.4 is 10.1 Å². The van der Waals surface area contributed by atoms with E-state index in [1.54, 1.807) is 58.2 Å². The monoisotopic (exact) mass is 811 g/mol. The Balaban J connectivity index is 1.96. The number of hydrogen-bond donors (Lipinski definition) is 2. The summed E-state index contributed by atoms with van der Waals surface area (Å²) in [6.07, 6.45) is 4.31. The summed E-state index contributed by atoms with van der Waals surface area (Å²) in [5.74, 6) is -4.34. The smallest absolute Gasteiger partial charge is 0.302 e. The lowest BCUT2D eigenvalue weighted by Gasteiger charge is -2.40. The summed E-state index contributed by atoms with van der Waals surface area (Å²) < 4.78 is 10.8. The van der Waals surface area contributed by atoms with Crippen LogP contribution in [0.25, 0.3) is 0 Å². The van der Waals surface area contributed by atoms with Crippen LogP contribution in [0, 0.1) is 17.8 Å². The van der Waals surface area contributed by atoms with Crippen molar-refractivity contribution in [2.45, 2.75) is 136 Å². The second-order valence-electron chi connectivity index (χ2n) is 16.4. The minimum atomic E-state index is -1.41. The molecule has 1 aromatic rings. The standard InChI is InChI=1S/C43H65N5O10/c1-12-13-14-26(4)21-27(5)41(54)45(9)34(22-31-16-18-33(57-11)19-17-31)39(52)44-40(53)38(29(7)58-30(8)49)46(10)37(25(2)3)43(56)47-24-32(50)23-35(47)42(55)48-28(6)15-20-36(48)51/h15-20,25-29,32,34-35,37-38,50H,12-14,21-24H2,1-11H3,(H,44,52,53). The molecule has 58 heavy (non-hydrogen) atoms. The Kier molecular flexibility index (Phi) is 17.6. The van der Waals surface area contributed by atoms with Crippen molar-refractivity contribution in [2.24, 2.45) is 17.8 Å². The first-order valence-corrected chi connectivity index (χ1v) is 20.4. The molecule has 1 aromatic carbocycles. The first-order valence-electron chi connectivity index (χ1n) is 20.4. The fourth-order valence-electron chi connectivity index (χ4n) is 8.22. The van der Waals surface area contributed by atoms with Gasteiger partial charge in [-0.05, 0) is 56.8 Å². The number of aliphatic hydroxyl groups excluding tert-OH is 1. The third kappa shape index (κ3) is 12.0. The Hall–Kier alpha value is -4.63. The van der Waals surface area contributed by atoms with Crippen LogP contribution in [0.15, 0.2) is 36.4 Å². The Bertz CT molecular complexity index is 1660. The molecule has 322 valence electrons. The summed E-state index contributed by atoms with van der Waals surface area (Å²) in [7, 11) is 4.57. The Morgan fingerprint density at radius 2 is 1.62 bits per heavy atom. The Morgan fingerprint density at radius 1 is 0.983 bits per heavy atom. The van der Waals surface area contributed by atoms with Gasteiger partial charge in [-0.1, -0.05) is 72.1 Å². The Morgan fingerprint density at radius 3 is 2.16 bits per heavy atom. The van der Waals surface area contributed by atoms with Gasteiger partial charge in [0.05, 0.1) is 25.3 Å². The highest BCUT2D eigenvalue weighted by molar-refractivity contribution is 6.06. The van der Waals surface area contributed by atoms with E-state index in [4.69, 9.17) is 9.47 Å². The number of carbonyl (C=O) groups excluding carboxylic acids is 7. The molecule has 0 saturated carbocycles. The van der Waals surface area contributed by atoms with Crippen LogP contribution in [0.1, 0.15) is 93.1 Å². The number of aliphatic hydroxyl groups is 1. The van der Waals surface area contributed by atoms with Crippen molar-refractivity contribution in [3.05, 3.63) is 42.0 Å². The third-order valence-corrected chi connectivity index (χ3v) is 11.3. The molecular weight excluding hydrogens is 746 g/mol. The molecule has 2 heterocycles.